The van der Waals surface area contributed by atoms with Crippen molar-refractivity contribution >= 4 is 11.8 Å². The van der Waals surface area contributed by atoms with Crippen molar-refractivity contribution in [2.45, 2.75) is 57.8 Å². The summed E-state index contributed by atoms with van der Waals surface area (Å²) in [7, 11) is 0. The van der Waals surface area contributed by atoms with E-state index in [0.717, 1.165) is 45.2 Å². The van der Waals surface area contributed by atoms with Crippen molar-refractivity contribution in [3.8, 4) is 0 Å². The van der Waals surface area contributed by atoms with Crippen molar-refractivity contribution in [3.05, 3.63) is 35.4 Å². The fourth-order valence-corrected chi connectivity index (χ4v) is 4.78. The molecule has 4 nitrogen and oxygen atoms in total. The average molecular weight is 369 g/mol. The van der Waals surface area contributed by atoms with E-state index in [4.69, 9.17) is 0 Å². The predicted molar refractivity (Wildman–Crippen MR) is 106 cm³/mol. The highest BCUT2D eigenvalue weighted by Gasteiger charge is 2.37. The Morgan fingerprint density at radius 1 is 1.07 bits per heavy atom. The lowest BCUT2D eigenvalue weighted by molar-refractivity contribution is -0.139. The molecular weight excluding hydrogens is 336 g/mol. The molecule has 0 aromatic heterocycles. The minimum absolute atomic E-state index is 0.0895. The van der Waals surface area contributed by atoms with Crippen molar-refractivity contribution < 1.29 is 9.59 Å². The van der Waals surface area contributed by atoms with Gasteiger partial charge < -0.3 is 10.2 Å². The van der Waals surface area contributed by atoms with Crippen LogP contribution in [-0.4, -0.2) is 36.3 Å². The second-order valence-electron chi connectivity index (χ2n) is 8.96. The van der Waals surface area contributed by atoms with E-state index in [-0.39, 0.29) is 29.6 Å². The Balaban J connectivity index is 1.49. The van der Waals surface area contributed by atoms with Crippen LogP contribution in [0.4, 0.5) is 0 Å². The van der Waals surface area contributed by atoms with Crippen molar-refractivity contribution in [2.24, 2.45) is 17.8 Å². The first kappa shape index (κ1) is 18.5. The van der Waals surface area contributed by atoms with E-state index in [1.165, 1.54) is 24.0 Å². The maximum atomic E-state index is 13.1. The molecule has 1 aliphatic heterocycles. The number of nitrogens with zero attached hydrogens (tertiary/aromatic N) is 1. The summed E-state index contributed by atoms with van der Waals surface area (Å²) in [5.41, 5.74) is 2.50. The van der Waals surface area contributed by atoms with E-state index in [9.17, 15) is 9.59 Å². The van der Waals surface area contributed by atoms with Crippen LogP contribution < -0.4 is 5.32 Å². The molecule has 2 amide bonds. The highest BCUT2D eigenvalue weighted by molar-refractivity contribution is 5.82. The van der Waals surface area contributed by atoms with Crippen LogP contribution in [0.5, 0.6) is 0 Å². The van der Waals surface area contributed by atoms with E-state index >= 15 is 0 Å². The van der Waals surface area contributed by atoms with Gasteiger partial charge in [0.25, 0.3) is 0 Å². The SMILES string of the molecule is Cc1cccc(C2CC(C(=O)NCC3CC3)CN(C(=O)C3CCCC3)C2)c1. The summed E-state index contributed by atoms with van der Waals surface area (Å²) in [5.74, 6) is 1.44. The third kappa shape index (κ3) is 4.53. The van der Waals surface area contributed by atoms with E-state index in [2.05, 4.69) is 36.5 Å². The summed E-state index contributed by atoms with van der Waals surface area (Å²) in [6.07, 6.45) is 7.68. The lowest BCUT2D eigenvalue weighted by Gasteiger charge is -2.38. The van der Waals surface area contributed by atoms with Crippen molar-refractivity contribution in [1.82, 2.24) is 10.2 Å². The first-order valence-corrected chi connectivity index (χ1v) is 10.7. The lowest BCUT2D eigenvalue weighted by atomic mass is 9.83. The molecule has 0 radical (unpaired) electrons. The highest BCUT2D eigenvalue weighted by Crippen LogP contribution is 2.34. The number of amides is 2. The summed E-state index contributed by atoms with van der Waals surface area (Å²) in [5, 5.41) is 3.15. The van der Waals surface area contributed by atoms with Crippen LogP contribution in [0.3, 0.4) is 0 Å². The number of carbonyl (C=O) groups is 2. The molecule has 1 saturated heterocycles. The molecule has 146 valence electrons. The normalized spacial score (nSPS) is 26.2. The molecule has 1 aromatic carbocycles. The monoisotopic (exact) mass is 368 g/mol. The molecule has 2 unspecified atom stereocenters. The van der Waals surface area contributed by atoms with Gasteiger partial charge in [0.1, 0.15) is 0 Å². The summed E-state index contributed by atoms with van der Waals surface area (Å²) in [6, 6.07) is 8.56. The molecule has 27 heavy (non-hydrogen) atoms. The summed E-state index contributed by atoms with van der Waals surface area (Å²) < 4.78 is 0. The van der Waals surface area contributed by atoms with Gasteiger partial charge in [0.05, 0.1) is 5.92 Å². The third-order valence-corrected chi connectivity index (χ3v) is 6.61. The Bertz CT molecular complexity index is 691. The fraction of sp³-hybridized carbons (Fsp3) is 0.652. The van der Waals surface area contributed by atoms with Crippen molar-refractivity contribution in [2.75, 3.05) is 19.6 Å². The molecule has 2 atom stereocenters. The number of benzene rings is 1. The average Bonchev–Trinajstić information content (AvgIpc) is 3.36. The highest BCUT2D eigenvalue weighted by atomic mass is 16.2. The van der Waals surface area contributed by atoms with Gasteiger partial charge in [-0.05, 0) is 50.5 Å². The first-order valence-electron chi connectivity index (χ1n) is 10.7. The molecule has 2 saturated carbocycles. The van der Waals surface area contributed by atoms with Crippen LogP contribution in [0.1, 0.15) is 62.0 Å². The molecular formula is C23H32N2O2. The first-order chi connectivity index (χ1) is 13.1. The van der Waals surface area contributed by atoms with Crippen LogP contribution in [0.2, 0.25) is 0 Å². The summed E-state index contributed by atoms with van der Waals surface area (Å²) in [6.45, 7) is 4.26. The molecule has 2 aliphatic carbocycles. The smallest absolute Gasteiger partial charge is 0.225 e. The Labute approximate surface area is 162 Å². The molecule has 4 rings (SSSR count). The number of hydrogen-bond donors (Lipinski definition) is 1. The number of nitrogens with one attached hydrogen (secondary N) is 1. The number of hydrogen-bond acceptors (Lipinski definition) is 2. The van der Waals surface area contributed by atoms with Crippen molar-refractivity contribution in [3.63, 3.8) is 0 Å². The Morgan fingerprint density at radius 3 is 2.56 bits per heavy atom. The minimum atomic E-state index is -0.0895. The number of aryl methyl sites for hydroxylation is 1. The largest absolute Gasteiger partial charge is 0.356 e. The van der Waals surface area contributed by atoms with Crippen LogP contribution in [-0.2, 0) is 9.59 Å². The van der Waals surface area contributed by atoms with E-state index in [1.54, 1.807) is 0 Å². The minimum Gasteiger partial charge on any atom is -0.356 e. The van der Waals surface area contributed by atoms with E-state index in [1.807, 2.05) is 4.90 Å². The number of likely N-dealkylation sites (tertiary alicyclic amines) is 1. The third-order valence-electron chi connectivity index (χ3n) is 6.61. The molecule has 3 aliphatic rings. The zero-order valence-electron chi connectivity index (χ0n) is 16.5. The van der Waals surface area contributed by atoms with Gasteiger partial charge in [-0.1, -0.05) is 42.7 Å². The summed E-state index contributed by atoms with van der Waals surface area (Å²) in [4.78, 5) is 27.9. The van der Waals surface area contributed by atoms with Gasteiger partial charge in [0, 0.05) is 31.5 Å². The Hall–Kier alpha value is -1.84. The Morgan fingerprint density at radius 2 is 1.85 bits per heavy atom. The molecule has 3 fully saturated rings. The van der Waals surface area contributed by atoms with Gasteiger partial charge in [0.2, 0.25) is 11.8 Å². The quantitative estimate of drug-likeness (QED) is 0.862. The molecule has 1 heterocycles. The molecule has 4 heteroatoms. The van der Waals surface area contributed by atoms with Gasteiger partial charge in [-0.3, -0.25) is 9.59 Å². The fourth-order valence-electron chi connectivity index (χ4n) is 4.78. The van der Waals surface area contributed by atoms with Gasteiger partial charge in [-0.25, -0.2) is 0 Å². The van der Waals surface area contributed by atoms with Crippen LogP contribution >= 0.6 is 0 Å². The predicted octanol–water partition coefficient (Wildman–Crippen LogP) is 3.64. The molecule has 0 bridgehead atoms. The molecule has 1 aromatic rings. The lowest BCUT2D eigenvalue weighted by Crippen LogP contribution is -2.49. The molecule has 1 N–H and O–H groups in total. The maximum absolute atomic E-state index is 13.1. The Kier molecular flexibility index (Phi) is 5.51. The second kappa shape index (κ2) is 8.04. The zero-order valence-corrected chi connectivity index (χ0v) is 16.5. The second-order valence-corrected chi connectivity index (χ2v) is 8.96. The van der Waals surface area contributed by atoms with Crippen LogP contribution in [0.15, 0.2) is 24.3 Å². The van der Waals surface area contributed by atoms with Gasteiger partial charge in [-0.2, -0.15) is 0 Å². The van der Waals surface area contributed by atoms with Gasteiger partial charge in [-0.15, -0.1) is 0 Å². The number of piperidine rings is 1. The topological polar surface area (TPSA) is 49.4 Å². The maximum Gasteiger partial charge on any atom is 0.225 e. The summed E-state index contributed by atoms with van der Waals surface area (Å²) >= 11 is 0. The zero-order chi connectivity index (χ0) is 18.8. The van der Waals surface area contributed by atoms with Crippen molar-refractivity contribution in [1.29, 1.82) is 0 Å². The van der Waals surface area contributed by atoms with Crippen LogP contribution in [0, 0.1) is 24.7 Å². The standard InChI is InChI=1S/C23H32N2O2/c1-16-5-4-8-19(11-16)20-12-21(22(26)24-13-17-9-10-17)15-25(14-20)23(27)18-6-2-3-7-18/h4-5,8,11,17-18,20-21H,2-3,6-7,9-10,12-15H2,1H3,(H,24,26). The van der Waals surface area contributed by atoms with E-state index in [0.29, 0.717) is 12.5 Å². The van der Waals surface area contributed by atoms with Gasteiger partial charge in [0.15, 0.2) is 0 Å². The van der Waals surface area contributed by atoms with E-state index < -0.39 is 0 Å². The number of rotatable bonds is 5. The van der Waals surface area contributed by atoms with Crippen LogP contribution in [0.25, 0.3) is 0 Å². The number of carbonyl (C=O) groups excluding carboxylic acids is 2. The van der Waals surface area contributed by atoms with Gasteiger partial charge >= 0.3 is 0 Å². The molecule has 0 spiro atoms.